The average Bonchev–Trinajstić information content (AvgIpc) is 2.40. The van der Waals surface area contributed by atoms with Gasteiger partial charge in [-0.3, -0.25) is 4.79 Å². The third-order valence-corrected chi connectivity index (χ3v) is 2.31. The second-order valence-corrected chi connectivity index (χ2v) is 3.69. The summed E-state index contributed by atoms with van der Waals surface area (Å²) in [7, 11) is 0. The molecule has 0 unspecified atom stereocenters. The van der Waals surface area contributed by atoms with E-state index in [-0.39, 0.29) is 6.03 Å². The summed E-state index contributed by atoms with van der Waals surface area (Å²) >= 11 is 0. The maximum absolute atomic E-state index is 11.7. The van der Waals surface area contributed by atoms with E-state index in [1.54, 1.807) is 36.4 Å². The lowest BCUT2D eigenvalue weighted by atomic mass is 10.2. The summed E-state index contributed by atoms with van der Waals surface area (Å²) < 4.78 is 0. The van der Waals surface area contributed by atoms with E-state index in [4.69, 9.17) is 0 Å². The molecule has 2 rings (SSSR count). The van der Waals surface area contributed by atoms with Crippen LogP contribution in [0.4, 0.5) is 16.2 Å². The van der Waals surface area contributed by atoms with Gasteiger partial charge < -0.3 is 10.6 Å². The monoisotopic (exact) mass is 240 g/mol. The van der Waals surface area contributed by atoms with E-state index >= 15 is 0 Å². The van der Waals surface area contributed by atoms with Gasteiger partial charge in [0.25, 0.3) is 0 Å². The molecule has 4 heteroatoms. The van der Waals surface area contributed by atoms with Crippen molar-refractivity contribution < 1.29 is 9.59 Å². The largest absolute Gasteiger partial charge is 0.323 e. The lowest BCUT2D eigenvalue weighted by molar-refractivity contribution is 0.112. The molecule has 0 radical (unpaired) electrons. The molecule has 0 aliphatic heterocycles. The van der Waals surface area contributed by atoms with Gasteiger partial charge in [-0.1, -0.05) is 30.3 Å². The molecule has 0 saturated carbocycles. The van der Waals surface area contributed by atoms with Gasteiger partial charge in [-0.15, -0.1) is 0 Å². The van der Waals surface area contributed by atoms with E-state index in [0.717, 1.165) is 6.29 Å². The van der Waals surface area contributed by atoms with Crippen molar-refractivity contribution in [3.63, 3.8) is 0 Å². The number of anilines is 2. The van der Waals surface area contributed by atoms with Crippen LogP contribution in [0.2, 0.25) is 0 Å². The van der Waals surface area contributed by atoms with E-state index < -0.39 is 0 Å². The fraction of sp³-hybridized carbons (Fsp3) is 0. The van der Waals surface area contributed by atoms with Crippen LogP contribution in [-0.2, 0) is 0 Å². The number of hydrogen-bond donors (Lipinski definition) is 2. The van der Waals surface area contributed by atoms with Gasteiger partial charge in [0.1, 0.15) is 6.29 Å². The second kappa shape index (κ2) is 5.63. The fourth-order valence-corrected chi connectivity index (χ4v) is 1.50. The van der Waals surface area contributed by atoms with Gasteiger partial charge in [0, 0.05) is 16.9 Å². The molecule has 90 valence electrons. The maximum atomic E-state index is 11.7. The van der Waals surface area contributed by atoms with Crippen LogP contribution in [0.25, 0.3) is 0 Å². The lowest BCUT2D eigenvalue weighted by Gasteiger charge is -2.07. The van der Waals surface area contributed by atoms with Crippen molar-refractivity contribution in [2.45, 2.75) is 0 Å². The van der Waals surface area contributed by atoms with Crippen LogP contribution < -0.4 is 10.6 Å². The average molecular weight is 240 g/mol. The topological polar surface area (TPSA) is 58.2 Å². The van der Waals surface area contributed by atoms with E-state index in [1.165, 1.54) is 0 Å². The molecule has 0 fully saturated rings. The predicted molar refractivity (Wildman–Crippen MR) is 70.9 cm³/mol. The summed E-state index contributed by atoms with van der Waals surface area (Å²) in [4.78, 5) is 22.3. The highest BCUT2D eigenvalue weighted by Gasteiger charge is 2.02. The normalized spacial score (nSPS) is 9.56. The van der Waals surface area contributed by atoms with Crippen molar-refractivity contribution in [3.8, 4) is 0 Å². The number of carbonyl (C=O) groups excluding carboxylic acids is 2. The van der Waals surface area contributed by atoms with E-state index in [2.05, 4.69) is 10.6 Å². The zero-order valence-corrected chi connectivity index (χ0v) is 9.59. The molecule has 0 spiro atoms. The molecule has 2 amide bonds. The Bertz CT molecular complexity index is 553. The summed E-state index contributed by atoms with van der Waals surface area (Å²) in [6.45, 7) is 0. The molecule has 2 N–H and O–H groups in total. The molecule has 0 atom stereocenters. The Kier molecular flexibility index (Phi) is 3.71. The van der Waals surface area contributed by atoms with Gasteiger partial charge in [-0.25, -0.2) is 4.79 Å². The third kappa shape index (κ3) is 3.18. The van der Waals surface area contributed by atoms with E-state index in [1.807, 2.05) is 18.2 Å². The van der Waals surface area contributed by atoms with Gasteiger partial charge in [0.15, 0.2) is 0 Å². The number of nitrogens with one attached hydrogen (secondary N) is 2. The molecule has 0 aliphatic rings. The minimum absolute atomic E-state index is 0.343. The molecule has 0 aliphatic carbocycles. The predicted octanol–water partition coefficient (Wildman–Crippen LogP) is 3.14. The maximum Gasteiger partial charge on any atom is 0.323 e. The van der Waals surface area contributed by atoms with Crippen molar-refractivity contribution in [1.82, 2.24) is 0 Å². The standard InChI is InChI=1S/C14H12N2O2/c17-10-11-5-4-8-13(9-11)16-14(18)15-12-6-2-1-3-7-12/h1-10H,(H2,15,16,18). The van der Waals surface area contributed by atoms with Crippen molar-refractivity contribution >= 4 is 23.7 Å². The third-order valence-electron chi connectivity index (χ3n) is 2.31. The molecule has 0 saturated heterocycles. The first-order chi connectivity index (χ1) is 8.78. The SMILES string of the molecule is O=Cc1cccc(NC(=O)Nc2ccccc2)c1. The van der Waals surface area contributed by atoms with Gasteiger partial charge >= 0.3 is 6.03 Å². The number of para-hydroxylation sites is 1. The van der Waals surface area contributed by atoms with Crippen LogP contribution in [0.15, 0.2) is 54.6 Å². The molecule has 2 aromatic carbocycles. The van der Waals surface area contributed by atoms with Crippen molar-refractivity contribution in [2.24, 2.45) is 0 Å². The molecule has 0 aromatic heterocycles. The quantitative estimate of drug-likeness (QED) is 0.810. The van der Waals surface area contributed by atoms with Crippen LogP contribution in [0, 0.1) is 0 Å². The Labute approximate surface area is 105 Å². The Morgan fingerprint density at radius 2 is 1.56 bits per heavy atom. The van der Waals surface area contributed by atoms with Crippen LogP contribution in [0.5, 0.6) is 0 Å². The van der Waals surface area contributed by atoms with Gasteiger partial charge in [-0.2, -0.15) is 0 Å². The van der Waals surface area contributed by atoms with E-state index in [9.17, 15) is 9.59 Å². The van der Waals surface area contributed by atoms with E-state index in [0.29, 0.717) is 16.9 Å². The van der Waals surface area contributed by atoms with Gasteiger partial charge in [-0.05, 0) is 24.3 Å². The van der Waals surface area contributed by atoms with Crippen molar-refractivity contribution in [2.75, 3.05) is 10.6 Å². The number of amides is 2. The fourth-order valence-electron chi connectivity index (χ4n) is 1.50. The molecular formula is C14H12N2O2. The number of aldehydes is 1. The molecular weight excluding hydrogens is 228 g/mol. The Morgan fingerprint density at radius 1 is 0.889 bits per heavy atom. The first-order valence-corrected chi connectivity index (χ1v) is 5.46. The van der Waals surface area contributed by atoms with Gasteiger partial charge in [0.05, 0.1) is 0 Å². The highest BCUT2D eigenvalue weighted by molar-refractivity contribution is 6.00. The lowest BCUT2D eigenvalue weighted by Crippen LogP contribution is -2.19. The molecule has 18 heavy (non-hydrogen) atoms. The number of urea groups is 1. The Balaban J connectivity index is 2.01. The Hall–Kier alpha value is -2.62. The minimum Gasteiger partial charge on any atom is -0.308 e. The summed E-state index contributed by atoms with van der Waals surface area (Å²) in [5.74, 6) is 0. The number of hydrogen-bond acceptors (Lipinski definition) is 2. The Morgan fingerprint density at radius 3 is 2.28 bits per heavy atom. The van der Waals surface area contributed by atoms with Crippen molar-refractivity contribution in [1.29, 1.82) is 0 Å². The number of benzene rings is 2. The summed E-state index contributed by atoms with van der Waals surface area (Å²) in [6, 6.07) is 15.5. The first kappa shape index (κ1) is 11.9. The molecule has 4 nitrogen and oxygen atoms in total. The number of rotatable bonds is 3. The first-order valence-electron chi connectivity index (χ1n) is 5.46. The summed E-state index contributed by atoms with van der Waals surface area (Å²) in [6.07, 6.45) is 0.736. The van der Waals surface area contributed by atoms with Crippen LogP contribution in [0.1, 0.15) is 10.4 Å². The zero-order valence-electron chi connectivity index (χ0n) is 9.59. The zero-order chi connectivity index (χ0) is 12.8. The summed E-state index contributed by atoms with van der Waals surface area (Å²) in [5.41, 5.74) is 1.81. The highest BCUT2D eigenvalue weighted by Crippen LogP contribution is 2.10. The highest BCUT2D eigenvalue weighted by atomic mass is 16.2. The minimum atomic E-state index is -0.343. The van der Waals surface area contributed by atoms with Crippen LogP contribution in [-0.4, -0.2) is 12.3 Å². The molecule has 2 aromatic rings. The van der Waals surface area contributed by atoms with Gasteiger partial charge in [0.2, 0.25) is 0 Å². The smallest absolute Gasteiger partial charge is 0.308 e. The molecule has 0 bridgehead atoms. The molecule has 0 heterocycles. The van der Waals surface area contributed by atoms with Crippen LogP contribution >= 0.6 is 0 Å². The van der Waals surface area contributed by atoms with Crippen LogP contribution in [0.3, 0.4) is 0 Å². The number of carbonyl (C=O) groups is 2. The summed E-state index contributed by atoms with van der Waals surface area (Å²) in [5, 5.41) is 5.35. The second-order valence-electron chi connectivity index (χ2n) is 3.69. The van der Waals surface area contributed by atoms with Crippen molar-refractivity contribution in [3.05, 3.63) is 60.2 Å².